The van der Waals surface area contributed by atoms with Crippen molar-refractivity contribution < 1.29 is 13.9 Å². The third-order valence-corrected chi connectivity index (χ3v) is 6.40. The molecule has 2 bridgehead atoms. The van der Waals surface area contributed by atoms with E-state index in [1.165, 1.54) is 12.4 Å². The van der Waals surface area contributed by atoms with Crippen molar-refractivity contribution >= 4 is 5.82 Å². The summed E-state index contributed by atoms with van der Waals surface area (Å²) in [6.07, 6.45) is 5.26. The van der Waals surface area contributed by atoms with E-state index in [0.29, 0.717) is 29.9 Å². The molecule has 2 N–H and O–H groups in total. The van der Waals surface area contributed by atoms with Crippen molar-refractivity contribution in [3.63, 3.8) is 0 Å². The third-order valence-electron chi connectivity index (χ3n) is 6.40. The summed E-state index contributed by atoms with van der Waals surface area (Å²) in [5.74, 6) is 0.464. The summed E-state index contributed by atoms with van der Waals surface area (Å²) >= 11 is 0. The molecule has 4 heterocycles. The first-order valence-corrected chi connectivity index (χ1v) is 10.3. The van der Waals surface area contributed by atoms with Crippen LogP contribution in [0.2, 0.25) is 0 Å². The van der Waals surface area contributed by atoms with Gasteiger partial charge < -0.3 is 15.3 Å². The SMILES string of the molecule is CN(c1cnc(-c2ccc(-c3cnn(C)c3)cc2O)cn1)C1[C@H](F)C2CCC(N2)[C@@H]1F. The molecule has 31 heavy (non-hydrogen) atoms. The Balaban J connectivity index is 1.37. The van der Waals surface area contributed by atoms with Crippen molar-refractivity contribution in [2.24, 2.45) is 7.05 Å². The Kier molecular flexibility index (Phi) is 4.85. The molecule has 2 aliphatic heterocycles. The number of aromatic nitrogens is 4. The summed E-state index contributed by atoms with van der Waals surface area (Å²) in [7, 11) is 3.48. The number of phenolic OH excluding ortho intramolecular Hbond substituents is 1. The highest BCUT2D eigenvalue weighted by Crippen LogP contribution is 2.36. The first kappa shape index (κ1) is 19.9. The van der Waals surface area contributed by atoms with Crippen LogP contribution in [0.25, 0.3) is 22.4 Å². The predicted molar refractivity (Wildman–Crippen MR) is 113 cm³/mol. The van der Waals surface area contributed by atoms with Crippen LogP contribution in [0.3, 0.4) is 0 Å². The molecule has 2 saturated heterocycles. The number of fused-ring (bicyclic) bond motifs is 2. The van der Waals surface area contributed by atoms with Gasteiger partial charge in [-0.15, -0.1) is 0 Å². The molecule has 5 atom stereocenters. The average molecular weight is 426 g/mol. The van der Waals surface area contributed by atoms with Crippen LogP contribution in [0, 0.1) is 0 Å². The molecular formula is C22H24F2N6O. The fourth-order valence-electron chi connectivity index (χ4n) is 4.68. The lowest BCUT2D eigenvalue weighted by Crippen LogP contribution is -2.62. The lowest BCUT2D eigenvalue weighted by Gasteiger charge is -2.41. The number of phenols is 1. The number of benzene rings is 1. The molecule has 3 aromatic rings. The molecular weight excluding hydrogens is 402 g/mol. The van der Waals surface area contributed by atoms with Gasteiger partial charge in [-0.1, -0.05) is 6.07 Å². The van der Waals surface area contributed by atoms with E-state index in [-0.39, 0.29) is 17.8 Å². The number of piperidine rings is 1. The highest BCUT2D eigenvalue weighted by Gasteiger charge is 2.50. The molecule has 0 spiro atoms. The van der Waals surface area contributed by atoms with Crippen LogP contribution in [0.5, 0.6) is 5.75 Å². The smallest absolute Gasteiger partial charge is 0.147 e. The first-order valence-electron chi connectivity index (χ1n) is 10.3. The summed E-state index contributed by atoms with van der Waals surface area (Å²) in [5, 5.41) is 17.7. The maximum atomic E-state index is 14.9. The van der Waals surface area contributed by atoms with E-state index in [4.69, 9.17) is 0 Å². The molecule has 0 aliphatic carbocycles. The number of halogens is 2. The minimum atomic E-state index is -1.32. The monoisotopic (exact) mass is 426 g/mol. The number of rotatable bonds is 4. The van der Waals surface area contributed by atoms with E-state index in [9.17, 15) is 13.9 Å². The van der Waals surface area contributed by atoms with E-state index in [1.54, 1.807) is 35.0 Å². The van der Waals surface area contributed by atoms with Crippen LogP contribution in [0.15, 0.2) is 43.0 Å². The van der Waals surface area contributed by atoms with Gasteiger partial charge in [-0.25, -0.2) is 13.8 Å². The molecule has 9 heteroatoms. The second-order valence-corrected chi connectivity index (χ2v) is 8.34. The van der Waals surface area contributed by atoms with E-state index < -0.39 is 18.4 Å². The molecule has 3 unspecified atom stereocenters. The van der Waals surface area contributed by atoms with Gasteiger partial charge in [-0.05, 0) is 30.5 Å². The third kappa shape index (κ3) is 3.42. The van der Waals surface area contributed by atoms with Crippen LogP contribution in [0.4, 0.5) is 14.6 Å². The number of aromatic hydroxyl groups is 1. The Bertz CT molecular complexity index is 1070. The number of anilines is 1. The van der Waals surface area contributed by atoms with Crippen LogP contribution < -0.4 is 10.2 Å². The molecule has 2 fully saturated rings. The molecule has 1 aromatic carbocycles. The maximum absolute atomic E-state index is 14.9. The lowest BCUT2D eigenvalue weighted by molar-refractivity contribution is 0.0943. The summed E-state index contributed by atoms with van der Waals surface area (Å²) < 4.78 is 31.4. The summed E-state index contributed by atoms with van der Waals surface area (Å²) in [6.45, 7) is 0. The van der Waals surface area contributed by atoms with Gasteiger partial charge in [0.25, 0.3) is 0 Å². The van der Waals surface area contributed by atoms with Crippen LogP contribution in [-0.2, 0) is 7.05 Å². The zero-order valence-corrected chi connectivity index (χ0v) is 17.3. The average Bonchev–Trinajstić information content (AvgIpc) is 3.41. The fraction of sp³-hybridized carbons (Fsp3) is 0.409. The number of alkyl halides is 2. The van der Waals surface area contributed by atoms with E-state index in [2.05, 4.69) is 20.4 Å². The van der Waals surface area contributed by atoms with Gasteiger partial charge in [-0.3, -0.25) is 9.67 Å². The van der Waals surface area contributed by atoms with Crippen molar-refractivity contribution in [2.45, 2.75) is 43.3 Å². The normalized spacial score (nSPS) is 27.4. The zero-order chi connectivity index (χ0) is 21.7. The Morgan fingerprint density at radius 3 is 2.39 bits per heavy atom. The Morgan fingerprint density at radius 1 is 1.06 bits per heavy atom. The Labute approximate surface area is 178 Å². The largest absolute Gasteiger partial charge is 0.507 e. The van der Waals surface area contributed by atoms with Crippen LogP contribution >= 0.6 is 0 Å². The van der Waals surface area contributed by atoms with E-state index >= 15 is 0 Å². The van der Waals surface area contributed by atoms with Crippen molar-refractivity contribution in [3.8, 4) is 28.1 Å². The number of nitrogens with zero attached hydrogens (tertiary/aromatic N) is 5. The second kappa shape index (κ2) is 7.56. The van der Waals surface area contributed by atoms with Crippen LogP contribution in [-0.4, -0.2) is 62.4 Å². The zero-order valence-electron chi connectivity index (χ0n) is 17.3. The Hall–Kier alpha value is -3.07. The first-order chi connectivity index (χ1) is 14.9. The molecule has 2 aromatic heterocycles. The molecule has 2 aliphatic rings. The Morgan fingerprint density at radius 2 is 1.81 bits per heavy atom. The van der Waals surface area contributed by atoms with Gasteiger partial charge in [0.2, 0.25) is 0 Å². The minimum absolute atomic E-state index is 0.0688. The molecule has 0 saturated carbocycles. The highest BCUT2D eigenvalue weighted by molar-refractivity contribution is 5.73. The van der Waals surface area contributed by atoms with Gasteiger partial charge in [0.05, 0.1) is 30.3 Å². The minimum Gasteiger partial charge on any atom is -0.507 e. The van der Waals surface area contributed by atoms with Crippen LogP contribution in [0.1, 0.15) is 12.8 Å². The van der Waals surface area contributed by atoms with Crippen molar-refractivity contribution in [2.75, 3.05) is 11.9 Å². The van der Waals surface area contributed by atoms with Crippen molar-refractivity contribution in [1.82, 2.24) is 25.1 Å². The van der Waals surface area contributed by atoms with Gasteiger partial charge >= 0.3 is 0 Å². The molecule has 5 rings (SSSR count). The molecule has 162 valence electrons. The summed E-state index contributed by atoms with van der Waals surface area (Å²) in [4.78, 5) is 10.3. The second-order valence-electron chi connectivity index (χ2n) is 8.34. The maximum Gasteiger partial charge on any atom is 0.147 e. The lowest BCUT2D eigenvalue weighted by atomic mass is 9.94. The highest BCUT2D eigenvalue weighted by atomic mass is 19.1. The topological polar surface area (TPSA) is 79.1 Å². The quantitative estimate of drug-likeness (QED) is 0.668. The predicted octanol–water partition coefficient (Wildman–Crippen LogP) is 2.86. The molecule has 7 nitrogen and oxygen atoms in total. The van der Waals surface area contributed by atoms with E-state index in [1.807, 2.05) is 19.3 Å². The van der Waals surface area contributed by atoms with Gasteiger partial charge in [0, 0.05) is 43.5 Å². The summed E-state index contributed by atoms with van der Waals surface area (Å²) in [6, 6.07) is 3.77. The van der Waals surface area contributed by atoms with E-state index in [0.717, 1.165) is 11.1 Å². The van der Waals surface area contributed by atoms with Gasteiger partial charge in [-0.2, -0.15) is 5.10 Å². The molecule has 0 radical (unpaired) electrons. The number of hydrogen-bond donors (Lipinski definition) is 2. The number of aryl methyl sites for hydroxylation is 1. The standard InChI is InChI=1S/C22H24F2N6O/c1-29-11-13(8-27-29)12-3-4-14(18(31)7-12)17-9-26-19(10-25-17)30(2)22-20(23)15-5-6-16(28-15)21(22)24/h3-4,7-11,15-16,20-22,28,31H,5-6H2,1-2H3/t15?,16?,20-,21+,22?. The fourth-order valence-corrected chi connectivity index (χ4v) is 4.68. The van der Waals surface area contributed by atoms with Gasteiger partial charge in [0.1, 0.15) is 23.9 Å². The van der Waals surface area contributed by atoms with Crippen molar-refractivity contribution in [3.05, 3.63) is 43.0 Å². The number of nitrogens with one attached hydrogen (secondary N) is 1. The van der Waals surface area contributed by atoms with Crippen molar-refractivity contribution in [1.29, 1.82) is 0 Å². The summed E-state index contributed by atoms with van der Waals surface area (Å²) in [5.41, 5.74) is 2.74. The molecule has 0 amide bonds. The number of hydrogen-bond acceptors (Lipinski definition) is 6. The van der Waals surface area contributed by atoms with Gasteiger partial charge in [0.15, 0.2) is 0 Å².